The van der Waals surface area contributed by atoms with Gasteiger partial charge in [0.05, 0.1) is 44.0 Å². The van der Waals surface area contributed by atoms with Crippen molar-refractivity contribution in [3.63, 3.8) is 0 Å². The van der Waals surface area contributed by atoms with Crippen molar-refractivity contribution < 1.29 is 27.4 Å². The van der Waals surface area contributed by atoms with E-state index in [4.69, 9.17) is 30.5 Å². The second kappa shape index (κ2) is 7.71. The molecular formula is C16H18ClNO6S. The summed E-state index contributed by atoms with van der Waals surface area (Å²) >= 11 is 6.07. The minimum atomic E-state index is -3.90. The zero-order valence-electron chi connectivity index (χ0n) is 14.1. The van der Waals surface area contributed by atoms with Crippen molar-refractivity contribution in [3.05, 3.63) is 35.4 Å². The van der Waals surface area contributed by atoms with Crippen LogP contribution in [0.15, 0.2) is 35.2 Å². The number of halogens is 1. The number of rotatable bonds is 7. The number of benzene rings is 2. The van der Waals surface area contributed by atoms with E-state index in [0.717, 1.165) is 0 Å². The van der Waals surface area contributed by atoms with Crippen LogP contribution in [0.5, 0.6) is 23.0 Å². The largest absolute Gasteiger partial charge is 0.495 e. The number of sulfonamides is 1. The molecule has 0 aliphatic heterocycles. The lowest BCUT2D eigenvalue weighted by atomic mass is 10.3. The minimum absolute atomic E-state index is 0.000793. The first-order valence-electron chi connectivity index (χ1n) is 7.02. The van der Waals surface area contributed by atoms with E-state index >= 15 is 0 Å². The predicted molar refractivity (Wildman–Crippen MR) is 94.9 cm³/mol. The van der Waals surface area contributed by atoms with Crippen LogP contribution in [0, 0.1) is 0 Å². The van der Waals surface area contributed by atoms with E-state index in [1.165, 1.54) is 58.8 Å². The monoisotopic (exact) mass is 387 g/mol. The lowest BCUT2D eigenvalue weighted by molar-refractivity contribution is 0.354. The van der Waals surface area contributed by atoms with Gasteiger partial charge in [-0.05, 0) is 18.2 Å². The normalized spacial score (nSPS) is 10.9. The highest BCUT2D eigenvalue weighted by molar-refractivity contribution is 7.92. The zero-order valence-corrected chi connectivity index (χ0v) is 15.7. The third-order valence-corrected chi connectivity index (χ3v) is 5.04. The van der Waals surface area contributed by atoms with Crippen LogP contribution in [0.25, 0.3) is 0 Å². The predicted octanol–water partition coefficient (Wildman–Crippen LogP) is 3.18. The Labute approximate surface area is 151 Å². The molecule has 0 saturated carbocycles. The number of methoxy groups -OCH3 is 4. The van der Waals surface area contributed by atoms with Crippen LogP contribution in [0.3, 0.4) is 0 Å². The van der Waals surface area contributed by atoms with E-state index in [1.807, 2.05) is 0 Å². The van der Waals surface area contributed by atoms with E-state index < -0.39 is 10.0 Å². The second-order valence-electron chi connectivity index (χ2n) is 4.81. The first-order valence-corrected chi connectivity index (χ1v) is 8.88. The standard InChI is InChI=1S/C16H18ClNO6S/c1-21-13-6-5-10(7-16(13)24-4)25(19,20)18-12-8-11(17)14(22-2)9-15(12)23-3/h5-9,18H,1-4H3. The van der Waals surface area contributed by atoms with E-state index in [9.17, 15) is 8.42 Å². The van der Waals surface area contributed by atoms with E-state index in [1.54, 1.807) is 0 Å². The Hall–Kier alpha value is -2.32. The number of hydrogen-bond acceptors (Lipinski definition) is 6. The lowest BCUT2D eigenvalue weighted by Crippen LogP contribution is -2.14. The van der Waals surface area contributed by atoms with Crippen LogP contribution in [0.2, 0.25) is 5.02 Å². The Kier molecular flexibility index (Phi) is 5.86. The van der Waals surface area contributed by atoms with Gasteiger partial charge in [0.25, 0.3) is 10.0 Å². The summed E-state index contributed by atoms with van der Waals surface area (Å²) in [5, 5.41) is 0.244. The van der Waals surface area contributed by atoms with Crippen LogP contribution >= 0.6 is 11.6 Å². The molecule has 0 heterocycles. The molecule has 0 saturated heterocycles. The van der Waals surface area contributed by atoms with Crippen molar-refractivity contribution in [2.24, 2.45) is 0 Å². The molecule has 0 fully saturated rings. The molecule has 7 nitrogen and oxygen atoms in total. The van der Waals surface area contributed by atoms with E-state index in [2.05, 4.69) is 4.72 Å². The molecule has 0 bridgehead atoms. The van der Waals surface area contributed by atoms with Crippen molar-refractivity contribution in [2.75, 3.05) is 33.2 Å². The van der Waals surface area contributed by atoms with Gasteiger partial charge in [-0.1, -0.05) is 11.6 Å². The lowest BCUT2D eigenvalue weighted by Gasteiger charge is -2.15. The Morgan fingerprint density at radius 1 is 0.800 bits per heavy atom. The van der Waals surface area contributed by atoms with Gasteiger partial charge in [-0.15, -0.1) is 0 Å². The topological polar surface area (TPSA) is 83.1 Å². The molecule has 2 aromatic carbocycles. The summed E-state index contributed by atoms with van der Waals surface area (Å²) in [6.45, 7) is 0. The van der Waals surface area contributed by atoms with E-state index in [0.29, 0.717) is 17.2 Å². The average molecular weight is 388 g/mol. The van der Waals surface area contributed by atoms with Crippen LogP contribution in [0.1, 0.15) is 0 Å². The van der Waals surface area contributed by atoms with Crippen molar-refractivity contribution in [2.45, 2.75) is 4.90 Å². The van der Waals surface area contributed by atoms with Gasteiger partial charge in [-0.2, -0.15) is 0 Å². The fraction of sp³-hybridized carbons (Fsp3) is 0.250. The summed E-state index contributed by atoms with van der Waals surface area (Å²) < 4.78 is 48.3. The minimum Gasteiger partial charge on any atom is -0.495 e. The number of nitrogens with one attached hydrogen (secondary N) is 1. The molecule has 0 aromatic heterocycles. The zero-order chi connectivity index (χ0) is 18.6. The molecule has 2 rings (SSSR count). The Bertz CT molecular complexity index is 869. The third kappa shape index (κ3) is 4.02. The quantitative estimate of drug-likeness (QED) is 0.785. The average Bonchev–Trinajstić information content (AvgIpc) is 2.61. The summed E-state index contributed by atoms with van der Waals surface area (Å²) in [7, 11) is 1.85. The van der Waals surface area contributed by atoms with Crippen LogP contribution in [0.4, 0.5) is 5.69 Å². The summed E-state index contributed by atoms with van der Waals surface area (Å²) in [5.74, 6) is 1.36. The summed E-state index contributed by atoms with van der Waals surface area (Å²) in [6, 6.07) is 7.18. The fourth-order valence-electron chi connectivity index (χ4n) is 2.13. The molecule has 0 aliphatic rings. The summed E-state index contributed by atoms with van der Waals surface area (Å²) in [4.78, 5) is -0.000793. The Balaban J connectivity index is 2.44. The number of hydrogen-bond donors (Lipinski definition) is 1. The highest BCUT2D eigenvalue weighted by Gasteiger charge is 2.20. The molecule has 0 aliphatic carbocycles. The maximum Gasteiger partial charge on any atom is 0.262 e. The highest BCUT2D eigenvalue weighted by atomic mass is 35.5. The smallest absolute Gasteiger partial charge is 0.262 e. The molecule has 9 heteroatoms. The first kappa shape index (κ1) is 19.0. The van der Waals surface area contributed by atoms with Gasteiger partial charge >= 0.3 is 0 Å². The van der Waals surface area contributed by atoms with Crippen LogP contribution in [-0.2, 0) is 10.0 Å². The van der Waals surface area contributed by atoms with Crippen molar-refractivity contribution in [1.82, 2.24) is 0 Å². The second-order valence-corrected chi connectivity index (χ2v) is 6.90. The van der Waals surface area contributed by atoms with Crippen molar-refractivity contribution in [3.8, 4) is 23.0 Å². The fourth-order valence-corrected chi connectivity index (χ4v) is 3.44. The van der Waals surface area contributed by atoms with Crippen LogP contribution in [-0.4, -0.2) is 36.9 Å². The van der Waals surface area contributed by atoms with Gasteiger partial charge in [-0.25, -0.2) is 8.42 Å². The van der Waals surface area contributed by atoms with Gasteiger partial charge < -0.3 is 18.9 Å². The van der Waals surface area contributed by atoms with Gasteiger partial charge in [0.2, 0.25) is 0 Å². The Morgan fingerprint density at radius 3 is 1.96 bits per heavy atom. The molecule has 1 N–H and O–H groups in total. The molecule has 0 amide bonds. The molecule has 0 atom stereocenters. The molecular weight excluding hydrogens is 370 g/mol. The highest BCUT2D eigenvalue weighted by Crippen LogP contribution is 2.37. The van der Waals surface area contributed by atoms with Gasteiger partial charge in [0, 0.05) is 12.1 Å². The molecule has 0 spiro atoms. The molecule has 2 aromatic rings. The molecule has 0 radical (unpaired) electrons. The third-order valence-electron chi connectivity index (χ3n) is 3.38. The molecule has 25 heavy (non-hydrogen) atoms. The van der Waals surface area contributed by atoms with Gasteiger partial charge in [-0.3, -0.25) is 4.72 Å². The van der Waals surface area contributed by atoms with Crippen molar-refractivity contribution in [1.29, 1.82) is 0 Å². The van der Waals surface area contributed by atoms with Crippen molar-refractivity contribution >= 4 is 27.3 Å². The SMILES string of the molecule is COc1cc(OC)c(NS(=O)(=O)c2ccc(OC)c(OC)c2)cc1Cl. The van der Waals surface area contributed by atoms with Gasteiger partial charge in [0.15, 0.2) is 11.5 Å². The van der Waals surface area contributed by atoms with Crippen LogP contribution < -0.4 is 23.7 Å². The maximum absolute atomic E-state index is 12.7. The Morgan fingerprint density at radius 2 is 1.40 bits per heavy atom. The molecule has 0 unspecified atom stereocenters. The summed E-state index contributed by atoms with van der Waals surface area (Å²) in [5.41, 5.74) is 0.183. The molecule has 136 valence electrons. The maximum atomic E-state index is 12.7. The van der Waals surface area contributed by atoms with E-state index in [-0.39, 0.29) is 21.4 Å². The summed E-state index contributed by atoms with van der Waals surface area (Å²) in [6.07, 6.45) is 0. The number of anilines is 1. The van der Waals surface area contributed by atoms with Gasteiger partial charge in [0.1, 0.15) is 11.5 Å². The first-order chi connectivity index (χ1) is 11.9. The number of ether oxygens (including phenoxy) is 4.